The van der Waals surface area contributed by atoms with Crippen molar-refractivity contribution in [1.29, 1.82) is 0 Å². The molecule has 0 aromatic heterocycles. The van der Waals surface area contributed by atoms with Crippen molar-refractivity contribution in [2.45, 2.75) is 13.8 Å². The molecule has 0 aliphatic rings. The van der Waals surface area contributed by atoms with Gasteiger partial charge >= 0.3 is 19.0 Å². The number of hydrogen-bond acceptors (Lipinski definition) is 5. The Bertz CT molecular complexity index is 210. The molecule has 6 nitrogen and oxygen atoms in total. The van der Waals surface area contributed by atoms with E-state index in [1.54, 1.807) is 13.8 Å². The third-order valence-corrected chi connectivity index (χ3v) is 3.60. The quantitative estimate of drug-likeness (QED) is 0.515. The van der Waals surface area contributed by atoms with Crippen molar-refractivity contribution in [3.05, 3.63) is 0 Å². The number of hydrogen-bond donors (Lipinski definition) is 1. The van der Waals surface area contributed by atoms with Crippen LogP contribution >= 0.6 is 7.60 Å². The molecule has 0 spiro atoms. The standard InChI is InChI=1S/C6H15O6PS/c1-3-10-13(7,11-4-2)6-5-12-14(8)9/h3-6H2,1-2H3,(H,8,9). The highest BCUT2D eigenvalue weighted by Gasteiger charge is 2.23. The van der Waals surface area contributed by atoms with Crippen LogP contribution in [0.25, 0.3) is 0 Å². The molecule has 8 heteroatoms. The third kappa shape index (κ3) is 6.64. The molecule has 14 heavy (non-hydrogen) atoms. The van der Waals surface area contributed by atoms with Gasteiger partial charge in [0.25, 0.3) is 0 Å². The van der Waals surface area contributed by atoms with E-state index >= 15 is 0 Å². The van der Waals surface area contributed by atoms with Crippen LogP contribution in [0.1, 0.15) is 13.8 Å². The Morgan fingerprint density at radius 1 is 1.29 bits per heavy atom. The predicted octanol–water partition coefficient (Wildman–Crippen LogP) is 1.41. The first-order valence-corrected chi connectivity index (χ1v) is 6.92. The normalized spacial score (nSPS) is 14.2. The van der Waals surface area contributed by atoms with Crippen LogP contribution in [-0.2, 0) is 29.2 Å². The smallest absolute Gasteiger partial charge is 0.309 e. The zero-order valence-electron chi connectivity index (χ0n) is 8.17. The van der Waals surface area contributed by atoms with Crippen LogP contribution in [0.4, 0.5) is 0 Å². The van der Waals surface area contributed by atoms with Gasteiger partial charge in [0.05, 0.1) is 26.0 Å². The maximum atomic E-state index is 11.7. The fourth-order valence-electron chi connectivity index (χ4n) is 0.780. The Morgan fingerprint density at radius 2 is 1.79 bits per heavy atom. The highest BCUT2D eigenvalue weighted by atomic mass is 32.2. The second-order valence-corrected chi connectivity index (χ2v) is 5.06. The summed E-state index contributed by atoms with van der Waals surface area (Å²) in [7, 11) is -3.15. The molecule has 0 rings (SSSR count). The second-order valence-electron chi connectivity index (χ2n) is 2.21. The van der Waals surface area contributed by atoms with Crippen molar-refractivity contribution in [3.63, 3.8) is 0 Å². The first-order valence-electron chi connectivity index (χ1n) is 4.16. The molecule has 0 bridgehead atoms. The molecule has 0 saturated heterocycles. The summed E-state index contributed by atoms with van der Waals surface area (Å²) in [6.07, 6.45) is -0.0268. The van der Waals surface area contributed by atoms with Crippen LogP contribution in [0, 0.1) is 0 Å². The Labute approximate surface area is 86.0 Å². The van der Waals surface area contributed by atoms with Gasteiger partial charge in [0.2, 0.25) is 0 Å². The van der Waals surface area contributed by atoms with E-state index in [0.29, 0.717) is 0 Å². The van der Waals surface area contributed by atoms with Crippen molar-refractivity contribution in [1.82, 2.24) is 0 Å². The summed E-state index contributed by atoms with van der Waals surface area (Å²) in [5.41, 5.74) is 0. The van der Waals surface area contributed by atoms with Crippen LogP contribution in [-0.4, -0.2) is 34.7 Å². The third-order valence-electron chi connectivity index (χ3n) is 1.20. The molecule has 0 radical (unpaired) electrons. The van der Waals surface area contributed by atoms with Gasteiger partial charge < -0.3 is 9.05 Å². The minimum Gasteiger partial charge on any atom is -0.309 e. The monoisotopic (exact) mass is 246 g/mol. The maximum Gasteiger partial charge on any atom is 0.333 e. The van der Waals surface area contributed by atoms with E-state index in [2.05, 4.69) is 4.18 Å². The predicted molar refractivity (Wildman–Crippen MR) is 52.4 cm³/mol. The lowest BCUT2D eigenvalue weighted by Gasteiger charge is -2.15. The first-order chi connectivity index (χ1) is 6.54. The maximum absolute atomic E-state index is 11.7. The highest BCUT2D eigenvalue weighted by molar-refractivity contribution is 7.74. The topological polar surface area (TPSA) is 82.1 Å². The van der Waals surface area contributed by atoms with Gasteiger partial charge in [-0.1, -0.05) is 0 Å². The fourth-order valence-corrected chi connectivity index (χ4v) is 2.56. The Kier molecular flexibility index (Phi) is 7.62. The van der Waals surface area contributed by atoms with E-state index in [9.17, 15) is 8.77 Å². The summed E-state index contributed by atoms with van der Waals surface area (Å²) in [6, 6.07) is 0. The summed E-state index contributed by atoms with van der Waals surface area (Å²) < 4.78 is 44.3. The van der Waals surface area contributed by atoms with Gasteiger partial charge in [-0.3, -0.25) is 13.3 Å². The minimum atomic E-state index is -3.15. The molecule has 1 unspecified atom stereocenters. The van der Waals surface area contributed by atoms with Gasteiger partial charge in [0.1, 0.15) is 0 Å². The molecule has 1 N–H and O–H groups in total. The molecule has 0 aromatic carbocycles. The summed E-state index contributed by atoms with van der Waals surface area (Å²) in [5.74, 6) is 0. The van der Waals surface area contributed by atoms with Crippen LogP contribution in [0.15, 0.2) is 0 Å². The summed E-state index contributed by atoms with van der Waals surface area (Å²) in [5, 5.41) is 0. The lowest BCUT2D eigenvalue weighted by molar-refractivity contribution is 0.213. The van der Waals surface area contributed by atoms with E-state index in [1.165, 1.54) is 0 Å². The van der Waals surface area contributed by atoms with Crippen molar-refractivity contribution in [2.75, 3.05) is 26.0 Å². The van der Waals surface area contributed by atoms with Gasteiger partial charge in [-0.2, -0.15) is 4.21 Å². The molecular weight excluding hydrogens is 231 g/mol. The van der Waals surface area contributed by atoms with Crippen molar-refractivity contribution in [2.24, 2.45) is 0 Å². The van der Waals surface area contributed by atoms with Gasteiger partial charge in [-0.05, 0) is 13.8 Å². The summed E-state index contributed by atoms with van der Waals surface area (Å²) in [6.45, 7) is 3.77. The molecule has 86 valence electrons. The van der Waals surface area contributed by atoms with Crippen LogP contribution in [0.3, 0.4) is 0 Å². The van der Waals surface area contributed by atoms with E-state index in [4.69, 9.17) is 13.6 Å². The van der Waals surface area contributed by atoms with Crippen molar-refractivity contribution >= 4 is 19.0 Å². The molecule has 0 amide bonds. The van der Waals surface area contributed by atoms with Crippen molar-refractivity contribution in [3.8, 4) is 0 Å². The SMILES string of the molecule is CCOP(=O)(CCOS(=O)O)OCC. The average molecular weight is 246 g/mol. The molecule has 0 aromatic rings. The lowest BCUT2D eigenvalue weighted by Crippen LogP contribution is -2.07. The largest absolute Gasteiger partial charge is 0.333 e. The average Bonchev–Trinajstić information content (AvgIpc) is 2.03. The molecule has 0 heterocycles. The second kappa shape index (κ2) is 7.50. The molecular formula is C6H15O6PS. The fraction of sp³-hybridized carbons (Fsp3) is 1.00. The number of rotatable bonds is 8. The van der Waals surface area contributed by atoms with Crippen LogP contribution < -0.4 is 0 Å². The summed E-state index contributed by atoms with van der Waals surface area (Å²) >= 11 is -2.34. The van der Waals surface area contributed by atoms with E-state index < -0.39 is 19.0 Å². The minimum absolute atomic E-state index is 0.0268. The molecule has 1 atom stereocenters. The molecule has 0 fully saturated rings. The molecule has 0 saturated carbocycles. The van der Waals surface area contributed by atoms with Gasteiger partial charge in [-0.25, -0.2) is 0 Å². The zero-order valence-corrected chi connectivity index (χ0v) is 9.88. The van der Waals surface area contributed by atoms with Crippen molar-refractivity contribution < 1.29 is 26.6 Å². The van der Waals surface area contributed by atoms with E-state index in [-0.39, 0.29) is 26.0 Å². The first kappa shape index (κ1) is 14.2. The van der Waals surface area contributed by atoms with Gasteiger partial charge in [-0.15, -0.1) is 0 Å². The van der Waals surface area contributed by atoms with Gasteiger partial charge in [0.15, 0.2) is 0 Å². The van der Waals surface area contributed by atoms with Crippen LogP contribution in [0.5, 0.6) is 0 Å². The zero-order chi connectivity index (χ0) is 11.0. The van der Waals surface area contributed by atoms with E-state index in [1.807, 2.05) is 0 Å². The Hall–Kier alpha value is 0.220. The Morgan fingerprint density at radius 3 is 2.14 bits per heavy atom. The lowest BCUT2D eigenvalue weighted by atomic mass is 10.9. The van der Waals surface area contributed by atoms with Gasteiger partial charge in [0, 0.05) is 0 Å². The summed E-state index contributed by atoms with van der Waals surface area (Å²) in [4.78, 5) is 0. The molecule has 0 aliphatic carbocycles. The molecule has 0 aliphatic heterocycles. The Balaban J connectivity index is 3.96. The van der Waals surface area contributed by atoms with E-state index in [0.717, 1.165) is 0 Å². The van der Waals surface area contributed by atoms with Crippen LogP contribution in [0.2, 0.25) is 0 Å². The highest BCUT2D eigenvalue weighted by Crippen LogP contribution is 2.47.